The summed E-state index contributed by atoms with van der Waals surface area (Å²) in [6, 6.07) is 9.19. The molecule has 7 nitrogen and oxygen atoms in total. The van der Waals surface area contributed by atoms with E-state index in [0.717, 1.165) is 38.6 Å². The molecule has 180 valence electrons. The number of sulfonamides is 1. The number of carbonyl (C=O) groups excluding carboxylic acids is 1. The Hall–Kier alpha value is -1.94. The van der Waals surface area contributed by atoms with E-state index in [-0.39, 0.29) is 29.5 Å². The summed E-state index contributed by atoms with van der Waals surface area (Å²) >= 11 is 1.72. The van der Waals surface area contributed by atoms with E-state index in [1.54, 1.807) is 29.5 Å². The van der Waals surface area contributed by atoms with Crippen molar-refractivity contribution in [3.05, 3.63) is 40.6 Å². The van der Waals surface area contributed by atoms with Gasteiger partial charge in [-0.05, 0) is 75.7 Å². The van der Waals surface area contributed by atoms with Gasteiger partial charge in [-0.15, -0.1) is 11.3 Å². The van der Waals surface area contributed by atoms with Gasteiger partial charge in [-0.25, -0.2) is 8.42 Å². The zero-order chi connectivity index (χ0) is 23.4. The van der Waals surface area contributed by atoms with Crippen LogP contribution in [0.2, 0.25) is 0 Å². The molecule has 0 radical (unpaired) electrons. The second-order valence-electron chi connectivity index (χ2n) is 8.98. The molecule has 9 heteroatoms. The molecular formula is C24H33N3O4S2. The molecule has 2 fully saturated rings. The second-order valence-corrected chi connectivity index (χ2v) is 11.9. The number of hydrogen-bond donors (Lipinski definition) is 1. The summed E-state index contributed by atoms with van der Waals surface area (Å²) in [6.07, 6.45) is 4.79. The number of likely N-dealkylation sites (tertiary alicyclic amines) is 1. The Kier molecular flexibility index (Phi) is 7.73. The van der Waals surface area contributed by atoms with Gasteiger partial charge in [0.25, 0.3) is 0 Å². The van der Waals surface area contributed by atoms with E-state index in [1.807, 2.05) is 19.9 Å². The maximum absolute atomic E-state index is 13.2. The molecule has 3 heterocycles. The van der Waals surface area contributed by atoms with E-state index in [1.165, 1.54) is 9.18 Å². The highest BCUT2D eigenvalue weighted by molar-refractivity contribution is 7.89. The molecule has 2 aromatic rings. The smallest absolute Gasteiger partial charge is 0.243 e. The van der Waals surface area contributed by atoms with Crippen molar-refractivity contribution in [2.45, 2.75) is 63.0 Å². The zero-order valence-corrected chi connectivity index (χ0v) is 21.0. The molecule has 0 unspecified atom stereocenters. The number of nitrogens with one attached hydrogen (secondary N) is 1. The summed E-state index contributed by atoms with van der Waals surface area (Å²) in [5, 5.41) is 5.00. The Morgan fingerprint density at radius 2 is 1.94 bits per heavy atom. The van der Waals surface area contributed by atoms with Crippen molar-refractivity contribution in [1.82, 2.24) is 9.21 Å². The van der Waals surface area contributed by atoms with Crippen LogP contribution in [0.15, 0.2) is 40.6 Å². The maximum Gasteiger partial charge on any atom is 0.243 e. The van der Waals surface area contributed by atoms with Gasteiger partial charge in [-0.3, -0.25) is 9.69 Å². The summed E-state index contributed by atoms with van der Waals surface area (Å²) in [7, 11) is -3.61. The number of nitrogens with zero attached hydrogens (tertiary/aromatic N) is 2. The summed E-state index contributed by atoms with van der Waals surface area (Å²) in [5.41, 5.74) is 0.402. The molecular weight excluding hydrogens is 458 g/mol. The highest BCUT2D eigenvalue weighted by Gasteiger charge is 2.30. The second kappa shape index (κ2) is 10.5. The third kappa shape index (κ3) is 5.77. The van der Waals surface area contributed by atoms with Crippen LogP contribution in [0.25, 0.3) is 0 Å². The van der Waals surface area contributed by atoms with Crippen molar-refractivity contribution in [2.24, 2.45) is 0 Å². The van der Waals surface area contributed by atoms with Crippen LogP contribution in [0.5, 0.6) is 5.75 Å². The van der Waals surface area contributed by atoms with Crippen molar-refractivity contribution in [3.63, 3.8) is 0 Å². The molecule has 4 rings (SSSR count). The molecule has 1 amide bonds. The Morgan fingerprint density at radius 3 is 2.64 bits per heavy atom. The largest absolute Gasteiger partial charge is 0.489 e. The molecule has 2 aliphatic heterocycles. The van der Waals surface area contributed by atoms with E-state index >= 15 is 0 Å². The van der Waals surface area contributed by atoms with Crippen LogP contribution in [-0.2, 0) is 14.8 Å². The van der Waals surface area contributed by atoms with Gasteiger partial charge >= 0.3 is 0 Å². The third-order valence-corrected chi connectivity index (χ3v) is 8.99. The summed E-state index contributed by atoms with van der Waals surface area (Å²) in [6.45, 7) is 6.00. The number of ether oxygens (including phenoxy) is 1. The van der Waals surface area contributed by atoms with Crippen molar-refractivity contribution in [3.8, 4) is 5.75 Å². The number of benzene rings is 1. The third-order valence-electron chi connectivity index (χ3n) is 6.12. The minimum absolute atomic E-state index is 0.105. The highest BCUT2D eigenvalue weighted by Crippen LogP contribution is 2.35. The van der Waals surface area contributed by atoms with Crippen molar-refractivity contribution in [1.29, 1.82) is 0 Å². The maximum atomic E-state index is 13.2. The fraction of sp³-hybridized carbons (Fsp3) is 0.542. The van der Waals surface area contributed by atoms with Gasteiger partial charge in [0.15, 0.2) is 0 Å². The molecule has 1 N–H and O–H groups in total. The summed E-state index contributed by atoms with van der Waals surface area (Å²) < 4.78 is 33.8. The lowest BCUT2D eigenvalue weighted by molar-refractivity contribution is -0.117. The SMILES string of the molecule is CC(C)Oc1ccc(S(=O)(=O)N2CCCCC2)cc1NC(=O)CN1CCC[C@@H]1c1cccs1. The first-order valence-electron chi connectivity index (χ1n) is 11.7. The van der Waals surface area contributed by atoms with Gasteiger partial charge in [0.05, 0.1) is 23.2 Å². The number of thiophene rings is 1. The van der Waals surface area contributed by atoms with Crippen LogP contribution in [0, 0.1) is 0 Å². The molecule has 0 aliphatic carbocycles. The lowest BCUT2D eigenvalue weighted by Gasteiger charge is -2.26. The van der Waals surface area contributed by atoms with Gasteiger partial charge < -0.3 is 10.1 Å². The standard InChI is InChI=1S/C24H33N3O4S2/c1-18(2)31-22-11-10-19(33(29,30)27-13-4-3-5-14-27)16-20(22)25-24(28)17-26-12-6-8-21(26)23-9-7-15-32-23/h7,9-11,15-16,18,21H,3-6,8,12-14,17H2,1-2H3,(H,25,28)/t21-/m1/s1. The predicted octanol–water partition coefficient (Wildman–Crippen LogP) is 4.49. The predicted molar refractivity (Wildman–Crippen MR) is 131 cm³/mol. The normalized spacial score (nSPS) is 20.3. The van der Waals surface area contributed by atoms with Crippen LogP contribution in [0.1, 0.15) is 56.9 Å². The minimum Gasteiger partial charge on any atom is -0.489 e. The fourth-order valence-corrected chi connectivity index (χ4v) is 7.01. The molecule has 1 aromatic heterocycles. The Labute approximate surface area is 200 Å². The highest BCUT2D eigenvalue weighted by atomic mass is 32.2. The number of piperidine rings is 1. The van der Waals surface area contributed by atoms with Crippen molar-refractivity contribution >= 4 is 33.0 Å². The minimum atomic E-state index is -3.61. The monoisotopic (exact) mass is 491 g/mol. The topological polar surface area (TPSA) is 79.0 Å². The molecule has 33 heavy (non-hydrogen) atoms. The lowest BCUT2D eigenvalue weighted by atomic mass is 10.2. The zero-order valence-electron chi connectivity index (χ0n) is 19.3. The first-order valence-corrected chi connectivity index (χ1v) is 14.0. The van der Waals surface area contributed by atoms with Gasteiger partial charge in [0.1, 0.15) is 5.75 Å². The van der Waals surface area contributed by atoms with Crippen LogP contribution in [0.3, 0.4) is 0 Å². The van der Waals surface area contributed by atoms with Crippen LogP contribution < -0.4 is 10.1 Å². The molecule has 1 aromatic carbocycles. The van der Waals surface area contributed by atoms with Crippen LogP contribution in [0.4, 0.5) is 5.69 Å². The number of rotatable bonds is 8. The van der Waals surface area contributed by atoms with Gasteiger partial charge in [-0.1, -0.05) is 12.5 Å². The van der Waals surface area contributed by atoms with E-state index < -0.39 is 10.0 Å². The number of anilines is 1. The Bertz CT molecular complexity index is 1050. The first-order chi connectivity index (χ1) is 15.8. The van der Waals surface area contributed by atoms with E-state index in [0.29, 0.717) is 24.5 Å². The first kappa shape index (κ1) is 24.2. The molecule has 2 saturated heterocycles. The molecule has 2 aliphatic rings. The Morgan fingerprint density at radius 1 is 1.15 bits per heavy atom. The van der Waals surface area contributed by atoms with E-state index in [9.17, 15) is 13.2 Å². The molecule has 1 atom stereocenters. The summed E-state index contributed by atoms with van der Waals surface area (Å²) in [5.74, 6) is 0.312. The fourth-order valence-electron chi connectivity index (χ4n) is 4.57. The average Bonchev–Trinajstić information content (AvgIpc) is 3.47. The van der Waals surface area contributed by atoms with Crippen molar-refractivity contribution < 1.29 is 17.9 Å². The number of hydrogen-bond acceptors (Lipinski definition) is 6. The van der Waals surface area contributed by atoms with Gasteiger partial charge in [0.2, 0.25) is 15.9 Å². The van der Waals surface area contributed by atoms with Crippen LogP contribution in [-0.4, -0.2) is 55.8 Å². The van der Waals surface area contributed by atoms with E-state index in [4.69, 9.17) is 4.74 Å². The Balaban J connectivity index is 1.53. The lowest BCUT2D eigenvalue weighted by Crippen LogP contribution is -2.35. The molecule has 0 spiro atoms. The van der Waals surface area contributed by atoms with Crippen LogP contribution >= 0.6 is 11.3 Å². The number of amides is 1. The number of carbonyl (C=O) groups is 1. The molecule has 0 saturated carbocycles. The summed E-state index contributed by atoms with van der Waals surface area (Å²) in [4.78, 5) is 16.7. The average molecular weight is 492 g/mol. The van der Waals surface area contributed by atoms with Crippen molar-refractivity contribution in [2.75, 3.05) is 31.5 Å². The van der Waals surface area contributed by atoms with Gasteiger partial charge in [0, 0.05) is 24.0 Å². The van der Waals surface area contributed by atoms with E-state index in [2.05, 4.69) is 21.7 Å². The van der Waals surface area contributed by atoms with Gasteiger partial charge in [-0.2, -0.15) is 4.31 Å². The quantitative estimate of drug-likeness (QED) is 0.589. The molecule has 0 bridgehead atoms.